The molecule has 1 aromatic heterocycles. The van der Waals surface area contributed by atoms with Gasteiger partial charge in [0.2, 0.25) is 5.78 Å². The van der Waals surface area contributed by atoms with Crippen molar-refractivity contribution in [2.24, 2.45) is 0 Å². The normalized spacial score (nSPS) is 10.4. The van der Waals surface area contributed by atoms with Crippen molar-refractivity contribution in [2.75, 3.05) is 18.2 Å². The number of nitrogens with one attached hydrogen (secondary N) is 1. The lowest BCUT2D eigenvalue weighted by Crippen LogP contribution is -2.02. The number of thiazole rings is 1. The van der Waals surface area contributed by atoms with Crippen molar-refractivity contribution >= 4 is 45.4 Å². The Kier molecular flexibility index (Phi) is 4.69. The second-order valence-electron chi connectivity index (χ2n) is 4.90. The van der Waals surface area contributed by atoms with Gasteiger partial charge in [0.1, 0.15) is 16.4 Å². The number of ketones is 1. The molecule has 0 aliphatic carbocycles. The van der Waals surface area contributed by atoms with Crippen LogP contribution in [0.15, 0.2) is 48.5 Å². The molecular weight excluding hydrogens is 346 g/mol. The molecule has 24 heavy (non-hydrogen) atoms. The molecule has 3 N–H and O–H groups in total. The number of ether oxygens (including phenoxy) is 1. The summed E-state index contributed by atoms with van der Waals surface area (Å²) in [6.07, 6.45) is 0. The highest BCUT2D eigenvalue weighted by molar-refractivity contribution is 7.18. The summed E-state index contributed by atoms with van der Waals surface area (Å²) in [5.74, 6) is 0.642. The first-order chi connectivity index (χ1) is 11.6. The lowest BCUT2D eigenvalue weighted by Gasteiger charge is -2.06. The second kappa shape index (κ2) is 6.90. The summed E-state index contributed by atoms with van der Waals surface area (Å²) < 4.78 is 5.12. The predicted octanol–water partition coefficient (Wildman–Crippen LogP) is 4.36. The van der Waals surface area contributed by atoms with Gasteiger partial charge in [0.05, 0.1) is 12.1 Å². The Bertz CT molecular complexity index is 881. The maximum absolute atomic E-state index is 12.5. The van der Waals surface area contributed by atoms with Crippen LogP contribution >= 0.6 is 22.9 Å². The smallest absolute Gasteiger partial charge is 0.206 e. The van der Waals surface area contributed by atoms with Crippen molar-refractivity contribution in [1.29, 1.82) is 0 Å². The summed E-state index contributed by atoms with van der Waals surface area (Å²) in [6.45, 7) is 0. The number of aromatic nitrogens is 1. The predicted molar refractivity (Wildman–Crippen MR) is 97.7 cm³/mol. The number of nitrogens with two attached hydrogens (primary N) is 1. The highest BCUT2D eigenvalue weighted by Gasteiger charge is 2.18. The molecule has 5 nitrogen and oxygen atoms in total. The Morgan fingerprint density at radius 3 is 2.67 bits per heavy atom. The summed E-state index contributed by atoms with van der Waals surface area (Å²) in [7, 11) is 1.55. The Morgan fingerprint density at radius 1 is 1.25 bits per heavy atom. The number of hydrogen-bond acceptors (Lipinski definition) is 6. The summed E-state index contributed by atoms with van der Waals surface area (Å²) in [6, 6.07) is 14.2. The van der Waals surface area contributed by atoms with E-state index in [4.69, 9.17) is 22.1 Å². The standard InChI is InChI=1S/C17H14ClN3O2S/c1-23-13-8-7-11(9-12(13)18)20-17-21-16(19)15(24-17)14(22)10-5-3-2-4-6-10/h2-9H,19H2,1H3,(H,20,21). The number of benzene rings is 2. The number of rotatable bonds is 5. The van der Waals surface area contributed by atoms with E-state index >= 15 is 0 Å². The van der Waals surface area contributed by atoms with Gasteiger partial charge in [-0.25, -0.2) is 4.98 Å². The van der Waals surface area contributed by atoms with Crippen LogP contribution < -0.4 is 15.8 Å². The molecule has 3 aromatic rings. The molecule has 0 aliphatic rings. The highest BCUT2D eigenvalue weighted by Crippen LogP contribution is 2.32. The van der Waals surface area contributed by atoms with Crippen molar-refractivity contribution in [3.05, 3.63) is 64.0 Å². The van der Waals surface area contributed by atoms with Gasteiger partial charge in [-0.05, 0) is 18.2 Å². The maximum Gasteiger partial charge on any atom is 0.206 e. The monoisotopic (exact) mass is 359 g/mol. The zero-order valence-corrected chi connectivity index (χ0v) is 14.3. The molecule has 0 bridgehead atoms. The zero-order valence-electron chi connectivity index (χ0n) is 12.7. The van der Waals surface area contributed by atoms with Gasteiger partial charge in [-0.15, -0.1) is 0 Å². The Balaban J connectivity index is 1.84. The Labute approximate surface area is 148 Å². The molecule has 0 spiro atoms. The van der Waals surface area contributed by atoms with E-state index in [0.29, 0.717) is 26.3 Å². The third-order valence-corrected chi connectivity index (χ3v) is 4.58. The number of halogens is 1. The van der Waals surface area contributed by atoms with Crippen LogP contribution in [-0.4, -0.2) is 17.9 Å². The van der Waals surface area contributed by atoms with Crippen LogP contribution in [0.5, 0.6) is 5.75 Å². The van der Waals surface area contributed by atoms with Crippen molar-refractivity contribution in [3.63, 3.8) is 0 Å². The first-order valence-electron chi connectivity index (χ1n) is 7.05. The minimum absolute atomic E-state index is 0.147. The SMILES string of the molecule is COc1ccc(Nc2nc(N)c(C(=O)c3ccccc3)s2)cc1Cl. The first-order valence-corrected chi connectivity index (χ1v) is 8.24. The molecule has 0 saturated heterocycles. The second-order valence-corrected chi connectivity index (χ2v) is 6.31. The third kappa shape index (κ3) is 3.34. The van der Waals surface area contributed by atoms with E-state index in [1.807, 2.05) is 18.2 Å². The summed E-state index contributed by atoms with van der Waals surface area (Å²) in [5, 5.41) is 4.10. The van der Waals surface area contributed by atoms with Crippen LogP contribution in [0.25, 0.3) is 0 Å². The van der Waals surface area contributed by atoms with Crippen LogP contribution in [0.2, 0.25) is 5.02 Å². The maximum atomic E-state index is 12.5. The van der Waals surface area contributed by atoms with Gasteiger partial charge in [-0.3, -0.25) is 4.79 Å². The van der Waals surface area contributed by atoms with Gasteiger partial charge in [0.15, 0.2) is 5.13 Å². The van der Waals surface area contributed by atoms with Crippen LogP contribution in [0.4, 0.5) is 16.6 Å². The molecular formula is C17H14ClN3O2S. The van der Waals surface area contributed by atoms with Gasteiger partial charge in [-0.1, -0.05) is 53.3 Å². The highest BCUT2D eigenvalue weighted by atomic mass is 35.5. The fourth-order valence-corrected chi connectivity index (χ4v) is 3.26. The van der Waals surface area contributed by atoms with Crippen molar-refractivity contribution in [3.8, 4) is 5.75 Å². The molecule has 0 atom stereocenters. The Hall–Kier alpha value is -2.57. The van der Waals surface area contributed by atoms with Crippen LogP contribution in [0, 0.1) is 0 Å². The van der Waals surface area contributed by atoms with Crippen LogP contribution in [0.1, 0.15) is 15.2 Å². The fourth-order valence-electron chi connectivity index (χ4n) is 2.14. The number of nitrogens with zero attached hydrogens (tertiary/aromatic N) is 1. The van der Waals surface area contributed by atoms with E-state index < -0.39 is 0 Å². The number of anilines is 3. The van der Waals surface area contributed by atoms with Crippen molar-refractivity contribution in [1.82, 2.24) is 4.98 Å². The lowest BCUT2D eigenvalue weighted by atomic mass is 10.1. The molecule has 0 radical (unpaired) electrons. The van der Waals surface area contributed by atoms with Gasteiger partial charge in [0, 0.05) is 11.3 Å². The quantitative estimate of drug-likeness (QED) is 0.662. The summed E-state index contributed by atoms with van der Waals surface area (Å²) in [4.78, 5) is 17.1. The van der Waals surface area contributed by atoms with E-state index in [2.05, 4.69) is 10.3 Å². The Morgan fingerprint density at radius 2 is 2.00 bits per heavy atom. The van der Waals surface area contributed by atoms with Gasteiger partial charge in [0.25, 0.3) is 0 Å². The number of hydrogen-bond donors (Lipinski definition) is 2. The van der Waals surface area contributed by atoms with E-state index in [1.54, 1.807) is 37.4 Å². The van der Waals surface area contributed by atoms with Gasteiger partial charge in [-0.2, -0.15) is 0 Å². The summed E-state index contributed by atoms with van der Waals surface area (Å²) in [5.41, 5.74) is 7.21. The third-order valence-electron chi connectivity index (χ3n) is 3.30. The average Bonchev–Trinajstić information content (AvgIpc) is 2.95. The topological polar surface area (TPSA) is 77.2 Å². The molecule has 0 unspecified atom stereocenters. The van der Waals surface area contributed by atoms with Gasteiger partial charge >= 0.3 is 0 Å². The average molecular weight is 360 g/mol. The molecule has 7 heteroatoms. The molecule has 0 aliphatic heterocycles. The summed E-state index contributed by atoms with van der Waals surface area (Å²) >= 11 is 7.30. The van der Waals surface area contributed by atoms with Crippen LogP contribution in [-0.2, 0) is 0 Å². The van der Waals surface area contributed by atoms with Crippen LogP contribution in [0.3, 0.4) is 0 Å². The largest absolute Gasteiger partial charge is 0.495 e. The van der Waals surface area contributed by atoms with Crippen molar-refractivity contribution in [2.45, 2.75) is 0 Å². The molecule has 2 aromatic carbocycles. The van der Waals surface area contributed by atoms with E-state index in [9.17, 15) is 4.79 Å². The fraction of sp³-hybridized carbons (Fsp3) is 0.0588. The number of methoxy groups -OCH3 is 1. The minimum atomic E-state index is -0.147. The molecule has 122 valence electrons. The number of carbonyl (C=O) groups excluding carboxylic acids is 1. The molecule has 0 fully saturated rings. The minimum Gasteiger partial charge on any atom is -0.495 e. The van der Waals surface area contributed by atoms with Gasteiger partial charge < -0.3 is 15.8 Å². The lowest BCUT2D eigenvalue weighted by molar-refractivity contribution is 0.104. The first kappa shape index (κ1) is 16.3. The number of nitrogen functional groups attached to an aromatic ring is 1. The van der Waals surface area contributed by atoms with E-state index in [-0.39, 0.29) is 11.6 Å². The number of carbonyl (C=O) groups is 1. The van der Waals surface area contributed by atoms with E-state index in [1.165, 1.54) is 11.3 Å². The van der Waals surface area contributed by atoms with Crippen molar-refractivity contribution < 1.29 is 9.53 Å². The zero-order chi connectivity index (χ0) is 17.1. The molecule has 1 heterocycles. The van der Waals surface area contributed by atoms with E-state index in [0.717, 1.165) is 5.69 Å². The molecule has 0 amide bonds. The molecule has 3 rings (SSSR count). The molecule has 0 saturated carbocycles.